The Morgan fingerprint density at radius 3 is 2.45 bits per heavy atom. The zero-order chi connectivity index (χ0) is 14.6. The maximum Gasteiger partial charge on any atom is 0.310 e. The van der Waals surface area contributed by atoms with Gasteiger partial charge in [0, 0.05) is 12.6 Å². The van der Waals surface area contributed by atoms with Gasteiger partial charge in [0.05, 0.1) is 31.4 Å². The van der Waals surface area contributed by atoms with Crippen molar-refractivity contribution >= 4 is 5.69 Å². The molecule has 0 aliphatic carbocycles. The molecule has 0 bridgehead atoms. The number of rotatable bonds is 11. The number of ether oxygens (including phenoxy) is 3. The van der Waals surface area contributed by atoms with Crippen LogP contribution in [0.4, 0.5) is 5.69 Å². The molecule has 0 radical (unpaired) electrons. The summed E-state index contributed by atoms with van der Waals surface area (Å²) >= 11 is 0. The van der Waals surface area contributed by atoms with Crippen molar-refractivity contribution in [3.8, 4) is 5.75 Å². The summed E-state index contributed by atoms with van der Waals surface area (Å²) in [5.74, 6) is 0.256. The van der Waals surface area contributed by atoms with Gasteiger partial charge in [-0.25, -0.2) is 0 Å². The molecule has 1 rings (SSSR count). The molecule has 0 aliphatic rings. The fraction of sp³-hybridized carbons (Fsp3) is 0.538. The quantitative estimate of drug-likeness (QED) is 0.374. The number of hydrogen-bond acceptors (Lipinski definition) is 6. The SMILES string of the molecule is CNCCOCCOCCOc1ccccc1[N+](=O)[O-]. The van der Waals surface area contributed by atoms with Gasteiger partial charge in [0.1, 0.15) is 6.61 Å². The predicted octanol–water partition coefficient (Wildman–Crippen LogP) is 1.23. The molecule has 0 saturated heterocycles. The topological polar surface area (TPSA) is 82.9 Å². The first-order valence-corrected chi connectivity index (χ1v) is 6.42. The lowest BCUT2D eigenvalue weighted by atomic mass is 10.3. The van der Waals surface area contributed by atoms with Crippen LogP contribution in [-0.2, 0) is 9.47 Å². The predicted molar refractivity (Wildman–Crippen MR) is 74.2 cm³/mol. The Balaban J connectivity index is 2.11. The molecule has 1 N–H and O–H groups in total. The molecule has 0 atom stereocenters. The Morgan fingerprint density at radius 2 is 1.75 bits per heavy atom. The van der Waals surface area contributed by atoms with Crippen LogP contribution in [-0.4, -0.2) is 51.6 Å². The van der Waals surface area contributed by atoms with E-state index in [0.717, 1.165) is 6.54 Å². The fourth-order valence-electron chi connectivity index (χ4n) is 1.44. The molecule has 0 heterocycles. The largest absolute Gasteiger partial charge is 0.484 e. The van der Waals surface area contributed by atoms with Crippen LogP contribution in [0, 0.1) is 10.1 Å². The van der Waals surface area contributed by atoms with Crippen molar-refractivity contribution in [2.75, 3.05) is 46.6 Å². The van der Waals surface area contributed by atoms with Gasteiger partial charge in [0.25, 0.3) is 0 Å². The second-order valence-corrected chi connectivity index (χ2v) is 3.90. The number of benzene rings is 1. The number of nitrogens with one attached hydrogen (secondary N) is 1. The van der Waals surface area contributed by atoms with Crippen LogP contribution in [0.1, 0.15) is 0 Å². The van der Waals surface area contributed by atoms with Gasteiger partial charge < -0.3 is 19.5 Å². The first kappa shape index (κ1) is 16.4. The third kappa shape index (κ3) is 6.46. The highest BCUT2D eigenvalue weighted by Gasteiger charge is 2.12. The van der Waals surface area contributed by atoms with Crippen LogP contribution in [0.5, 0.6) is 5.75 Å². The molecule has 0 aromatic heterocycles. The molecular weight excluding hydrogens is 264 g/mol. The molecule has 0 fully saturated rings. The highest BCUT2D eigenvalue weighted by atomic mass is 16.6. The number of nitro benzene ring substituents is 1. The summed E-state index contributed by atoms with van der Waals surface area (Å²) in [5.41, 5.74) is -0.0390. The maximum atomic E-state index is 10.8. The van der Waals surface area contributed by atoms with Gasteiger partial charge >= 0.3 is 5.69 Å². The molecule has 0 aliphatic heterocycles. The summed E-state index contributed by atoms with van der Waals surface area (Å²) in [7, 11) is 1.86. The molecule has 0 saturated carbocycles. The van der Waals surface area contributed by atoms with Crippen molar-refractivity contribution in [3.63, 3.8) is 0 Å². The summed E-state index contributed by atoms with van der Waals surface area (Å²) < 4.78 is 15.9. The van der Waals surface area contributed by atoms with E-state index < -0.39 is 4.92 Å². The highest BCUT2D eigenvalue weighted by molar-refractivity contribution is 5.45. The summed E-state index contributed by atoms with van der Waals surface area (Å²) in [6.07, 6.45) is 0. The van der Waals surface area contributed by atoms with Gasteiger partial charge in [0.2, 0.25) is 0 Å². The number of nitro groups is 1. The van der Waals surface area contributed by atoms with Crippen molar-refractivity contribution in [3.05, 3.63) is 34.4 Å². The number of para-hydroxylation sites is 2. The van der Waals surface area contributed by atoms with E-state index in [0.29, 0.717) is 26.4 Å². The van der Waals surface area contributed by atoms with E-state index in [1.807, 2.05) is 7.05 Å². The Kier molecular flexibility index (Phi) is 8.28. The van der Waals surface area contributed by atoms with E-state index in [2.05, 4.69) is 5.32 Å². The molecule has 0 spiro atoms. The third-order valence-electron chi connectivity index (χ3n) is 2.42. The monoisotopic (exact) mass is 284 g/mol. The molecule has 0 unspecified atom stereocenters. The molecule has 1 aromatic rings. The molecule has 7 heteroatoms. The molecule has 1 aromatic carbocycles. The minimum Gasteiger partial charge on any atom is -0.484 e. The molecule has 112 valence electrons. The minimum absolute atomic E-state index is 0.0390. The fourth-order valence-corrected chi connectivity index (χ4v) is 1.44. The number of nitrogens with zero attached hydrogens (tertiary/aromatic N) is 1. The van der Waals surface area contributed by atoms with E-state index in [1.54, 1.807) is 18.2 Å². The lowest BCUT2D eigenvalue weighted by Crippen LogP contribution is -2.17. The minimum atomic E-state index is -0.466. The summed E-state index contributed by atoms with van der Waals surface area (Å²) in [4.78, 5) is 10.3. The van der Waals surface area contributed by atoms with Crippen LogP contribution in [0.2, 0.25) is 0 Å². The second-order valence-electron chi connectivity index (χ2n) is 3.90. The molecule has 7 nitrogen and oxygen atoms in total. The van der Waals surface area contributed by atoms with Gasteiger partial charge in [-0.05, 0) is 13.1 Å². The zero-order valence-corrected chi connectivity index (χ0v) is 11.5. The average Bonchev–Trinajstić information content (AvgIpc) is 2.46. The standard InChI is InChI=1S/C13H20N2O5/c1-14-6-7-18-8-9-19-10-11-20-13-5-3-2-4-12(13)15(16)17/h2-5,14H,6-11H2,1H3. The van der Waals surface area contributed by atoms with Crippen molar-refractivity contribution in [1.29, 1.82) is 0 Å². The summed E-state index contributed by atoms with van der Waals surface area (Å²) in [6, 6.07) is 6.27. The van der Waals surface area contributed by atoms with Crippen LogP contribution in [0.15, 0.2) is 24.3 Å². The molecule has 0 amide bonds. The molecule has 20 heavy (non-hydrogen) atoms. The van der Waals surface area contributed by atoms with Crippen molar-refractivity contribution in [1.82, 2.24) is 5.32 Å². The van der Waals surface area contributed by atoms with Crippen molar-refractivity contribution < 1.29 is 19.1 Å². The van der Waals surface area contributed by atoms with Crippen LogP contribution < -0.4 is 10.1 Å². The smallest absolute Gasteiger partial charge is 0.310 e. The van der Waals surface area contributed by atoms with Crippen molar-refractivity contribution in [2.24, 2.45) is 0 Å². The highest BCUT2D eigenvalue weighted by Crippen LogP contribution is 2.25. The maximum absolute atomic E-state index is 10.8. The van der Waals surface area contributed by atoms with Gasteiger partial charge in [-0.3, -0.25) is 10.1 Å². The van der Waals surface area contributed by atoms with E-state index in [1.165, 1.54) is 6.07 Å². The van der Waals surface area contributed by atoms with Crippen LogP contribution in [0.25, 0.3) is 0 Å². The van der Waals surface area contributed by atoms with E-state index in [9.17, 15) is 10.1 Å². The first-order valence-electron chi connectivity index (χ1n) is 6.42. The van der Waals surface area contributed by atoms with E-state index in [4.69, 9.17) is 14.2 Å². The Labute approximate surface area is 118 Å². The normalized spacial score (nSPS) is 10.4. The van der Waals surface area contributed by atoms with Gasteiger partial charge in [-0.1, -0.05) is 12.1 Å². The second kappa shape index (κ2) is 10.1. The average molecular weight is 284 g/mol. The van der Waals surface area contributed by atoms with Gasteiger partial charge in [-0.15, -0.1) is 0 Å². The lowest BCUT2D eigenvalue weighted by Gasteiger charge is -2.08. The third-order valence-corrected chi connectivity index (χ3v) is 2.42. The van der Waals surface area contributed by atoms with Gasteiger partial charge in [0.15, 0.2) is 5.75 Å². The van der Waals surface area contributed by atoms with E-state index >= 15 is 0 Å². The number of likely N-dealkylation sites (N-methyl/N-ethyl adjacent to an activating group) is 1. The van der Waals surface area contributed by atoms with Gasteiger partial charge in [-0.2, -0.15) is 0 Å². The Morgan fingerprint density at radius 1 is 1.10 bits per heavy atom. The first-order chi connectivity index (χ1) is 9.75. The van der Waals surface area contributed by atoms with Crippen LogP contribution in [0.3, 0.4) is 0 Å². The Bertz CT molecular complexity index is 400. The van der Waals surface area contributed by atoms with Crippen LogP contribution >= 0.6 is 0 Å². The molecular formula is C13H20N2O5. The number of hydrogen-bond donors (Lipinski definition) is 1. The summed E-state index contributed by atoms with van der Waals surface area (Å²) in [5, 5.41) is 13.7. The van der Waals surface area contributed by atoms with E-state index in [-0.39, 0.29) is 18.0 Å². The lowest BCUT2D eigenvalue weighted by molar-refractivity contribution is -0.385. The Hall–Kier alpha value is -1.70. The zero-order valence-electron chi connectivity index (χ0n) is 11.5. The summed E-state index contributed by atoms with van der Waals surface area (Å²) in [6.45, 7) is 3.08. The van der Waals surface area contributed by atoms with Crippen molar-refractivity contribution in [2.45, 2.75) is 0 Å².